The molecule has 0 aliphatic carbocycles. The fraction of sp³-hybridized carbons (Fsp3) is 0. The Labute approximate surface area is 210 Å². The summed E-state index contributed by atoms with van der Waals surface area (Å²) < 4.78 is 99.4. The summed E-state index contributed by atoms with van der Waals surface area (Å²) in [6.45, 7) is 0. The van der Waals surface area contributed by atoms with Gasteiger partial charge in [0.15, 0.2) is 0 Å². The zero-order valence-electron chi connectivity index (χ0n) is 13.3. The van der Waals surface area contributed by atoms with Crippen LogP contribution in [0.1, 0.15) is 0 Å². The molecule has 0 N–H and O–H groups in total. The molecule has 0 aliphatic heterocycles. The summed E-state index contributed by atoms with van der Waals surface area (Å²) in [7, 11) is -15.2. The molecule has 2 aromatic carbocycles. The first-order valence-corrected chi connectivity index (χ1v) is 9.48. The van der Waals surface area contributed by atoms with E-state index in [9.17, 15) is 38.9 Å². The molecule has 25 heavy (non-hydrogen) atoms. The fourth-order valence-corrected chi connectivity index (χ4v) is 3.61. The van der Waals surface area contributed by atoms with E-state index in [0.717, 1.165) is 18.2 Å². The Hall–Kier alpha value is 1.43. The van der Waals surface area contributed by atoms with Crippen molar-refractivity contribution >= 4 is 41.1 Å². The molecule has 2 rings (SSSR count). The van der Waals surface area contributed by atoms with Gasteiger partial charge in [0.1, 0.15) is 30.4 Å². The van der Waals surface area contributed by atoms with Gasteiger partial charge in [0, 0.05) is 5.39 Å². The zero-order chi connectivity index (χ0) is 16.9. The second-order valence-electron chi connectivity index (χ2n) is 4.17. The fourth-order valence-electron chi connectivity index (χ4n) is 1.78. The summed E-state index contributed by atoms with van der Waals surface area (Å²) in [6.07, 6.45) is 0. The van der Waals surface area contributed by atoms with Gasteiger partial charge in [-0.05, 0) is 29.7 Å². The van der Waals surface area contributed by atoms with E-state index < -0.39 is 50.4 Å². The summed E-state index contributed by atoms with van der Waals surface area (Å²) in [5.74, 6) is 0. The van der Waals surface area contributed by atoms with Crippen LogP contribution in [0.4, 0.5) is 0 Å². The summed E-state index contributed by atoms with van der Waals surface area (Å²) in [5, 5.41) is -0.668. The largest absolute Gasteiger partial charge is 1.00 e. The van der Waals surface area contributed by atoms with Crippen molar-refractivity contribution in [3.63, 3.8) is 0 Å². The predicted molar refractivity (Wildman–Crippen MR) is 67.8 cm³/mol. The van der Waals surface area contributed by atoms with Crippen molar-refractivity contribution in [3.8, 4) is 0 Å². The molecule has 0 saturated heterocycles. The van der Waals surface area contributed by atoms with Crippen LogP contribution < -0.4 is 88.7 Å². The Balaban J connectivity index is 0. The molecule has 0 aromatic heterocycles. The molecule has 2 aromatic rings. The molecule has 15 heteroatoms. The Morgan fingerprint density at radius 2 is 1.08 bits per heavy atom. The van der Waals surface area contributed by atoms with Gasteiger partial charge in [-0.15, -0.1) is 0 Å². The number of fused-ring (bicyclic) bond motifs is 1. The third kappa shape index (κ3) is 7.07. The van der Waals surface area contributed by atoms with Gasteiger partial charge in [0.2, 0.25) is 0 Å². The van der Waals surface area contributed by atoms with E-state index in [1.165, 1.54) is 0 Å². The van der Waals surface area contributed by atoms with Crippen LogP contribution >= 0.6 is 0 Å². The quantitative estimate of drug-likeness (QED) is 0.336. The Bertz CT molecular complexity index is 1090. The third-order valence-corrected chi connectivity index (χ3v) is 5.23. The van der Waals surface area contributed by atoms with Gasteiger partial charge in [0.05, 0.1) is 14.7 Å². The maximum Gasteiger partial charge on any atom is 1.00 e. The Kier molecular flexibility index (Phi) is 11.2. The van der Waals surface area contributed by atoms with Gasteiger partial charge >= 0.3 is 88.7 Å². The van der Waals surface area contributed by atoms with Crippen molar-refractivity contribution in [1.29, 1.82) is 0 Å². The minimum absolute atomic E-state index is 0. The van der Waals surface area contributed by atoms with Gasteiger partial charge in [0.25, 0.3) is 0 Å². The third-order valence-electron chi connectivity index (χ3n) is 2.71. The van der Waals surface area contributed by atoms with Crippen molar-refractivity contribution < 1.29 is 128 Å². The second-order valence-corrected chi connectivity index (χ2v) is 8.27. The molecule has 0 radical (unpaired) electrons. The summed E-state index contributed by atoms with van der Waals surface area (Å²) in [6, 6.07) is 3.45. The van der Waals surface area contributed by atoms with E-state index in [-0.39, 0.29) is 94.1 Å². The molecule has 0 aliphatic rings. The molecule has 0 heterocycles. The molecule has 120 valence electrons. The second kappa shape index (κ2) is 9.76. The van der Waals surface area contributed by atoms with Gasteiger partial charge in [-0.3, -0.25) is 0 Å². The maximum absolute atomic E-state index is 11.2. The normalized spacial score (nSPS) is 11.8. The van der Waals surface area contributed by atoms with Crippen LogP contribution in [0.25, 0.3) is 10.8 Å². The van der Waals surface area contributed by atoms with Gasteiger partial charge in [-0.2, -0.15) is 0 Å². The van der Waals surface area contributed by atoms with Crippen LogP contribution in [0.2, 0.25) is 0 Å². The monoisotopic (exact) mass is 434 g/mol. The van der Waals surface area contributed by atoms with E-state index in [0.29, 0.717) is 12.1 Å². The van der Waals surface area contributed by atoms with Crippen molar-refractivity contribution in [3.05, 3.63) is 30.3 Å². The molecule has 0 bridgehead atoms. The van der Waals surface area contributed by atoms with Crippen LogP contribution in [0, 0.1) is 0 Å². The van der Waals surface area contributed by atoms with E-state index in [4.69, 9.17) is 0 Å². The Morgan fingerprint density at radius 3 is 1.48 bits per heavy atom. The van der Waals surface area contributed by atoms with Crippen molar-refractivity contribution in [2.24, 2.45) is 0 Å². The molecule has 0 amide bonds. The maximum atomic E-state index is 11.2. The van der Waals surface area contributed by atoms with Crippen molar-refractivity contribution in [2.75, 3.05) is 0 Å². The predicted octanol–water partition coefficient (Wildman–Crippen LogP) is -9.44. The van der Waals surface area contributed by atoms with Crippen LogP contribution in [-0.2, 0) is 30.4 Å². The molecule has 0 spiro atoms. The molecule has 9 nitrogen and oxygen atoms in total. The van der Waals surface area contributed by atoms with Crippen LogP contribution in [-0.4, -0.2) is 38.9 Å². The molecule has 0 atom stereocenters. The summed E-state index contributed by atoms with van der Waals surface area (Å²) >= 11 is 0. The average Bonchev–Trinajstić information content (AvgIpc) is 2.33. The minimum Gasteiger partial charge on any atom is -0.744 e. The molecule has 0 fully saturated rings. The van der Waals surface area contributed by atoms with Gasteiger partial charge in [-0.25, -0.2) is 25.3 Å². The first-order valence-electron chi connectivity index (χ1n) is 5.26. The van der Waals surface area contributed by atoms with Gasteiger partial charge < -0.3 is 13.7 Å². The summed E-state index contributed by atoms with van der Waals surface area (Å²) in [5.41, 5.74) is 0. The van der Waals surface area contributed by atoms with Gasteiger partial charge in [-0.1, -0.05) is 6.07 Å². The van der Waals surface area contributed by atoms with E-state index in [2.05, 4.69) is 0 Å². The molecular weight excluding hydrogens is 429 g/mol. The van der Waals surface area contributed by atoms with Crippen LogP contribution in [0.3, 0.4) is 0 Å². The zero-order valence-corrected chi connectivity index (χ0v) is 21.7. The standard InChI is InChI=1S/C10H8O9S3.3Na/c11-20(12,13)7-2-1-6-3-8(21(14,15)16)5-10(9(6)4-7)22(17,18)19;;;/h1-5H,(H,11,12,13)(H,14,15,16)(H,17,18,19);;;/q;3*+1/p-3. The number of benzene rings is 2. The Morgan fingerprint density at radius 1 is 0.600 bits per heavy atom. The van der Waals surface area contributed by atoms with E-state index in [1.807, 2.05) is 0 Å². The number of hydrogen-bond acceptors (Lipinski definition) is 9. The van der Waals surface area contributed by atoms with Crippen LogP contribution in [0.15, 0.2) is 45.0 Å². The number of hydrogen-bond donors (Lipinski definition) is 0. The summed E-state index contributed by atoms with van der Waals surface area (Å²) in [4.78, 5) is -2.88. The smallest absolute Gasteiger partial charge is 0.744 e. The minimum atomic E-state index is -5.22. The SMILES string of the molecule is O=S(=O)([O-])c1cc(S(=O)(=O)[O-])c2cc(S(=O)(=O)[O-])ccc2c1.[Na+].[Na+].[Na+]. The first kappa shape index (κ1) is 28.6. The molecule has 0 saturated carbocycles. The topological polar surface area (TPSA) is 172 Å². The van der Waals surface area contributed by atoms with E-state index in [1.54, 1.807) is 0 Å². The molecular formula is C10H5Na3O9S3. The molecule has 0 unspecified atom stereocenters. The van der Waals surface area contributed by atoms with Crippen LogP contribution in [0.5, 0.6) is 0 Å². The number of rotatable bonds is 3. The van der Waals surface area contributed by atoms with Crippen molar-refractivity contribution in [2.45, 2.75) is 14.7 Å². The average molecular weight is 434 g/mol. The van der Waals surface area contributed by atoms with E-state index >= 15 is 0 Å². The first-order chi connectivity index (χ1) is 9.80. The van der Waals surface area contributed by atoms with Crippen molar-refractivity contribution in [1.82, 2.24) is 0 Å².